The van der Waals surface area contributed by atoms with Crippen molar-refractivity contribution in [3.8, 4) is 0 Å². The number of hydrogen-bond acceptors (Lipinski definition) is 5. The van der Waals surface area contributed by atoms with E-state index >= 15 is 0 Å². The Morgan fingerprint density at radius 1 is 1.31 bits per heavy atom. The van der Waals surface area contributed by atoms with Crippen LogP contribution < -0.4 is 0 Å². The lowest BCUT2D eigenvalue weighted by Gasteiger charge is -2.30. The smallest absolute Gasteiger partial charge is 0.169 e. The first-order valence-electron chi connectivity index (χ1n) is 5.85. The van der Waals surface area contributed by atoms with Crippen LogP contribution >= 0.6 is 35.9 Å². The van der Waals surface area contributed by atoms with E-state index in [9.17, 15) is 0 Å². The molecule has 1 aliphatic carbocycles. The lowest BCUT2D eigenvalue weighted by molar-refractivity contribution is 0.332. The molecule has 1 aromatic heterocycles. The van der Waals surface area contributed by atoms with Crippen LogP contribution in [0.3, 0.4) is 0 Å². The summed E-state index contributed by atoms with van der Waals surface area (Å²) in [5.41, 5.74) is 0.440. The molecule has 16 heavy (non-hydrogen) atoms. The fourth-order valence-corrected chi connectivity index (χ4v) is 4.58. The molecule has 5 heteroatoms. The van der Waals surface area contributed by atoms with E-state index in [1.54, 1.807) is 6.33 Å². The minimum absolute atomic E-state index is 0.440. The Kier molecular flexibility index (Phi) is 4.97. The molecule has 0 unspecified atom stereocenters. The van der Waals surface area contributed by atoms with Crippen LogP contribution in [-0.2, 0) is 0 Å². The molecule has 1 saturated carbocycles. The molecule has 2 nitrogen and oxygen atoms in total. The molecule has 1 heterocycles. The number of nitrogens with zero attached hydrogens (tertiary/aromatic N) is 2. The number of thiol groups is 1. The van der Waals surface area contributed by atoms with Crippen molar-refractivity contribution in [1.82, 2.24) is 9.36 Å². The van der Waals surface area contributed by atoms with Gasteiger partial charge in [0.25, 0.3) is 0 Å². The second-order valence-electron chi connectivity index (χ2n) is 4.57. The van der Waals surface area contributed by atoms with Gasteiger partial charge in [-0.3, -0.25) is 0 Å². The van der Waals surface area contributed by atoms with Crippen molar-refractivity contribution in [2.45, 2.75) is 42.9 Å². The predicted octanol–water partition coefficient (Wildman–Crippen LogP) is 3.90. The van der Waals surface area contributed by atoms with E-state index in [0.29, 0.717) is 5.41 Å². The highest BCUT2D eigenvalue weighted by atomic mass is 32.2. The summed E-state index contributed by atoms with van der Waals surface area (Å²) in [5, 5.41) is 0. The molecule has 2 rings (SSSR count). The Hall–Kier alpha value is 0.260. The SMILES string of the molecule is SCC1(CSc2ncns2)CCCCCC1. The molecular formula is C11H18N2S3. The fraction of sp³-hybridized carbons (Fsp3) is 0.818. The Balaban J connectivity index is 1.92. The van der Waals surface area contributed by atoms with Crippen LogP contribution in [0.25, 0.3) is 0 Å². The van der Waals surface area contributed by atoms with Crippen LogP contribution in [0.15, 0.2) is 10.7 Å². The Morgan fingerprint density at radius 3 is 2.62 bits per heavy atom. The summed E-state index contributed by atoms with van der Waals surface area (Å²) < 4.78 is 5.15. The van der Waals surface area contributed by atoms with Gasteiger partial charge in [0.1, 0.15) is 6.33 Å². The maximum atomic E-state index is 4.58. The number of thioether (sulfide) groups is 1. The van der Waals surface area contributed by atoms with Gasteiger partial charge in [-0.25, -0.2) is 4.98 Å². The first-order chi connectivity index (χ1) is 7.85. The van der Waals surface area contributed by atoms with Crippen LogP contribution in [0.2, 0.25) is 0 Å². The molecule has 0 saturated heterocycles. The first kappa shape index (κ1) is 12.7. The quantitative estimate of drug-likeness (QED) is 0.512. The third kappa shape index (κ3) is 3.37. The average molecular weight is 274 g/mol. The first-order valence-corrected chi connectivity index (χ1v) is 8.24. The molecule has 0 aliphatic heterocycles. The van der Waals surface area contributed by atoms with Crippen molar-refractivity contribution in [1.29, 1.82) is 0 Å². The molecule has 0 radical (unpaired) electrons. The minimum atomic E-state index is 0.440. The topological polar surface area (TPSA) is 25.8 Å². The zero-order chi connectivity index (χ0) is 11.3. The zero-order valence-electron chi connectivity index (χ0n) is 9.39. The molecule has 0 atom stereocenters. The molecule has 1 aromatic rings. The second-order valence-corrected chi connectivity index (χ2v) is 6.89. The van der Waals surface area contributed by atoms with Gasteiger partial charge in [-0.05, 0) is 35.5 Å². The van der Waals surface area contributed by atoms with Gasteiger partial charge in [0.2, 0.25) is 0 Å². The lowest BCUT2D eigenvalue weighted by Crippen LogP contribution is -2.25. The summed E-state index contributed by atoms with van der Waals surface area (Å²) in [6, 6.07) is 0. The van der Waals surface area contributed by atoms with Crippen LogP contribution in [0.1, 0.15) is 38.5 Å². The van der Waals surface area contributed by atoms with E-state index in [2.05, 4.69) is 22.0 Å². The van der Waals surface area contributed by atoms with Gasteiger partial charge < -0.3 is 0 Å². The van der Waals surface area contributed by atoms with Crippen molar-refractivity contribution in [3.63, 3.8) is 0 Å². The van der Waals surface area contributed by atoms with E-state index in [0.717, 1.165) is 15.8 Å². The third-order valence-electron chi connectivity index (χ3n) is 3.34. The minimum Gasteiger partial charge on any atom is -0.216 e. The maximum Gasteiger partial charge on any atom is 0.169 e. The van der Waals surface area contributed by atoms with Crippen molar-refractivity contribution in [3.05, 3.63) is 6.33 Å². The van der Waals surface area contributed by atoms with E-state index in [1.165, 1.54) is 50.1 Å². The van der Waals surface area contributed by atoms with Crippen molar-refractivity contribution >= 4 is 35.9 Å². The summed E-state index contributed by atoms with van der Waals surface area (Å²) in [4.78, 5) is 4.23. The highest BCUT2D eigenvalue weighted by molar-refractivity contribution is 8.01. The van der Waals surface area contributed by atoms with Gasteiger partial charge in [0.05, 0.1) is 0 Å². The number of hydrogen-bond donors (Lipinski definition) is 1. The predicted molar refractivity (Wildman–Crippen MR) is 74.6 cm³/mol. The Labute approximate surface area is 111 Å². The fourth-order valence-electron chi connectivity index (χ4n) is 2.27. The molecule has 0 bridgehead atoms. The van der Waals surface area contributed by atoms with Crippen LogP contribution in [0, 0.1) is 5.41 Å². The summed E-state index contributed by atoms with van der Waals surface area (Å²) in [7, 11) is 0. The highest BCUT2D eigenvalue weighted by Gasteiger charge is 2.29. The molecule has 0 spiro atoms. The Morgan fingerprint density at radius 2 is 2.06 bits per heavy atom. The number of rotatable bonds is 4. The normalized spacial score (nSPS) is 20.6. The van der Waals surface area contributed by atoms with E-state index < -0.39 is 0 Å². The van der Waals surface area contributed by atoms with E-state index in [1.807, 2.05) is 11.8 Å². The second kappa shape index (κ2) is 6.26. The van der Waals surface area contributed by atoms with Crippen LogP contribution in [0.5, 0.6) is 0 Å². The molecule has 0 N–H and O–H groups in total. The molecule has 1 fully saturated rings. The number of aromatic nitrogens is 2. The molecule has 0 aromatic carbocycles. The van der Waals surface area contributed by atoms with Gasteiger partial charge >= 0.3 is 0 Å². The highest BCUT2D eigenvalue weighted by Crippen LogP contribution is 2.40. The lowest BCUT2D eigenvalue weighted by atomic mass is 9.84. The largest absolute Gasteiger partial charge is 0.216 e. The maximum absolute atomic E-state index is 4.58. The molecule has 0 amide bonds. The average Bonchev–Trinajstić information content (AvgIpc) is 2.72. The summed E-state index contributed by atoms with van der Waals surface area (Å²) >= 11 is 7.95. The summed E-state index contributed by atoms with van der Waals surface area (Å²) in [6.07, 6.45) is 9.87. The van der Waals surface area contributed by atoms with Gasteiger partial charge in [-0.1, -0.05) is 37.4 Å². The monoisotopic (exact) mass is 274 g/mol. The van der Waals surface area contributed by atoms with E-state index in [-0.39, 0.29) is 0 Å². The standard InChI is InChI=1S/C11H18N2S3/c14-7-11(5-3-1-2-4-6-11)8-15-10-12-9-13-16-10/h9,14H,1-8H2. The third-order valence-corrected chi connectivity index (χ3v) is 6.16. The van der Waals surface area contributed by atoms with Crippen molar-refractivity contribution in [2.75, 3.05) is 11.5 Å². The van der Waals surface area contributed by atoms with Gasteiger partial charge in [0.15, 0.2) is 4.34 Å². The molecule has 1 aliphatic rings. The molecule has 90 valence electrons. The Bertz CT molecular complexity index is 292. The van der Waals surface area contributed by atoms with Crippen molar-refractivity contribution < 1.29 is 0 Å². The van der Waals surface area contributed by atoms with Crippen molar-refractivity contribution in [2.24, 2.45) is 5.41 Å². The summed E-state index contributed by atoms with van der Waals surface area (Å²) in [6.45, 7) is 0. The summed E-state index contributed by atoms with van der Waals surface area (Å²) in [5.74, 6) is 2.17. The van der Waals surface area contributed by atoms with Crippen LogP contribution in [-0.4, -0.2) is 20.9 Å². The van der Waals surface area contributed by atoms with Gasteiger partial charge in [0, 0.05) is 5.75 Å². The van der Waals surface area contributed by atoms with E-state index in [4.69, 9.17) is 0 Å². The van der Waals surface area contributed by atoms with Crippen LogP contribution in [0.4, 0.5) is 0 Å². The molecular weight excluding hydrogens is 256 g/mol. The zero-order valence-corrected chi connectivity index (χ0v) is 11.9. The van der Waals surface area contributed by atoms with Gasteiger partial charge in [-0.15, -0.1) is 0 Å². The van der Waals surface area contributed by atoms with Gasteiger partial charge in [-0.2, -0.15) is 17.0 Å².